The van der Waals surface area contributed by atoms with Gasteiger partial charge in [-0.2, -0.15) is 5.10 Å². The highest BCUT2D eigenvalue weighted by molar-refractivity contribution is 5.94. The molecule has 0 aliphatic carbocycles. The molecular formula is C21H23N3O4. The molecule has 1 amide bonds. The van der Waals surface area contributed by atoms with Crippen molar-refractivity contribution < 1.29 is 19.7 Å². The lowest BCUT2D eigenvalue weighted by atomic mass is 10.1. The Kier molecular flexibility index (Phi) is 5.65. The molecule has 2 aromatic carbocycles. The van der Waals surface area contributed by atoms with E-state index >= 15 is 0 Å². The van der Waals surface area contributed by atoms with Gasteiger partial charge in [0.05, 0.1) is 25.1 Å². The van der Waals surface area contributed by atoms with E-state index in [1.54, 1.807) is 31.4 Å². The molecule has 0 radical (unpaired) electrons. The fourth-order valence-electron chi connectivity index (χ4n) is 2.85. The lowest BCUT2D eigenvalue weighted by Crippen LogP contribution is -2.28. The molecule has 3 N–H and O–H groups in total. The van der Waals surface area contributed by atoms with Gasteiger partial charge in [-0.05, 0) is 48.7 Å². The molecule has 0 spiro atoms. The highest BCUT2D eigenvalue weighted by Gasteiger charge is 2.19. The summed E-state index contributed by atoms with van der Waals surface area (Å²) in [6.07, 6.45) is 0.509. The zero-order valence-corrected chi connectivity index (χ0v) is 16.0. The number of carbonyl (C=O) groups is 1. The van der Waals surface area contributed by atoms with Crippen molar-refractivity contribution in [3.63, 3.8) is 0 Å². The molecule has 7 heteroatoms. The number of nitrogens with one attached hydrogen (secondary N) is 1. The number of aliphatic hydroxyl groups excluding tert-OH is 1. The van der Waals surface area contributed by atoms with Gasteiger partial charge >= 0.3 is 0 Å². The normalized spacial score (nSPS) is 11.9. The molecule has 146 valence electrons. The molecule has 0 fully saturated rings. The number of aromatic hydroxyl groups is 1. The smallest absolute Gasteiger partial charge is 0.275 e. The van der Waals surface area contributed by atoms with Gasteiger partial charge in [0.2, 0.25) is 0 Å². The number of hydrogen-bond donors (Lipinski definition) is 3. The van der Waals surface area contributed by atoms with Crippen LogP contribution in [0.5, 0.6) is 11.5 Å². The van der Waals surface area contributed by atoms with Crippen molar-refractivity contribution in [3.8, 4) is 17.2 Å². The van der Waals surface area contributed by atoms with Crippen LogP contribution in [0.25, 0.3) is 5.69 Å². The Hall–Kier alpha value is -3.32. The van der Waals surface area contributed by atoms with Gasteiger partial charge in [-0.25, -0.2) is 4.68 Å². The van der Waals surface area contributed by atoms with Crippen LogP contribution in [-0.2, 0) is 0 Å². The van der Waals surface area contributed by atoms with E-state index in [4.69, 9.17) is 4.74 Å². The topological polar surface area (TPSA) is 96.6 Å². The minimum atomic E-state index is -0.891. The van der Waals surface area contributed by atoms with Crippen LogP contribution in [0, 0.1) is 13.8 Å². The maximum absolute atomic E-state index is 12.4. The summed E-state index contributed by atoms with van der Waals surface area (Å²) in [6, 6.07) is 12.7. The number of carbonyl (C=O) groups excluding carboxylic acids is 1. The first-order valence-electron chi connectivity index (χ1n) is 8.86. The molecule has 0 saturated carbocycles. The zero-order valence-electron chi connectivity index (χ0n) is 16.0. The largest absolute Gasteiger partial charge is 0.504 e. The molecule has 0 aliphatic heterocycles. The summed E-state index contributed by atoms with van der Waals surface area (Å²) in [5.74, 6) is -0.103. The summed E-state index contributed by atoms with van der Waals surface area (Å²) < 4.78 is 6.56. The number of hydrogen-bond acceptors (Lipinski definition) is 5. The van der Waals surface area contributed by atoms with Crippen molar-refractivity contribution in [2.75, 3.05) is 13.7 Å². The van der Waals surface area contributed by atoms with Crippen LogP contribution >= 0.6 is 0 Å². The van der Waals surface area contributed by atoms with Gasteiger partial charge in [0.1, 0.15) is 5.75 Å². The lowest BCUT2D eigenvalue weighted by molar-refractivity contribution is 0.0908. The first-order chi connectivity index (χ1) is 13.4. The quantitative estimate of drug-likeness (QED) is 0.610. The number of amides is 1. The monoisotopic (exact) mass is 381 g/mol. The first-order valence-corrected chi connectivity index (χ1v) is 8.86. The molecule has 0 saturated heterocycles. The fraction of sp³-hybridized carbons (Fsp3) is 0.238. The number of methoxy groups -OCH3 is 1. The molecule has 1 unspecified atom stereocenters. The van der Waals surface area contributed by atoms with Crippen molar-refractivity contribution in [1.29, 1.82) is 0 Å². The van der Waals surface area contributed by atoms with Crippen molar-refractivity contribution >= 4 is 5.91 Å². The van der Waals surface area contributed by atoms with E-state index in [0.717, 1.165) is 16.8 Å². The predicted molar refractivity (Wildman–Crippen MR) is 105 cm³/mol. The van der Waals surface area contributed by atoms with E-state index in [1.807, 2.05) is 32.0 Å². The van der Waals surface area contributed by atoms with Crippen LogP contribution in [0.15, 0.2) is 48.7 Å². The molecule has 28 heavy (non-hydrogen) atoms. The Morgan fingerprint density at radius 1 is 1.21 bits per heavy atom. The number of rotatable bonds is 6. The summed E-state index contributed by atoms with van der Waals surface area (Å²) in [6.45, 7) is 3.92. The summed E-state index contributed by atoms with van der Waals surface area (Å²) in [5, 5.41) is 27.2. The number of benzene rings is 2. The molecule has 0 bridgehead atoms. The van der Waals surface area contributed by atoms with Crippen LogP contribution < -0.4 is 10.1 Å². The maximum Gasteiger partial charge on any atom is 0.275 e. The van der Waals surface area contributed by atoms with Gasteiger partial charge in [0, 0.05) is 6.54 Å². The van der Waals surface area contributed by atoms with Gasteiger partial charge in [-0.3, -0.25) is 4.79 Å². The van der Waals surface area contributed by atoms with Crippen LogP contribution in [-0.4, -0.2) is 39.6 Å². The highest BCUT2D eigenvalue weighted by atomic mass is 16.5. The van der Waals surface area contributed by atoms with Crippen molar-refractivity contribution in [2.45, 2.75) is 20.0 Å². The van der Waals surface area contributed by atoms with Crippen molar-refractivity contribution in [3.05, 3.63) is 71.0 Å². The van der Waals surface area contributed by atoms with Gasteiger partial charge in [0.25, 0.3) is 5.91 Å². The van der Waals surface area contributed by atoms with Crippen LogP contribution in [0.1, 0.15) is 33.3 Å². The summed E-state index contributed by atoms with van der Waals surface area (Å²) in [4.78, 5) is 12.4. The highest BCUT2D eigenvalue weighted by Crippen LogP contribution is 2.22. The summed E-state index contributed by atoms with van der Waals surface area (Å²) in [5.41, 5.74) is 3.43. The molecule has 1 atom stereocenters. The van der Waals surface area contributed by atoms with Gasteiger partial charge < -0.3 is 20.3 Å². The Bertz CT molecular complexity index is 980. The van der Waals surface area contributed by atoms with E-state index in [2.05, 4.69) is 10.4 Å². The summed E-state index contributed by atoms with van der Waals surface area (Å²) in [7, 11) is 1.56. The second-order valence-electron chi connectivity index (χ2n) is 6.53. The number of aliphatic hydroxyl groups is 1. The summed E-state index contributed by atoms with van der Waals surface area (Å²) >= 11 is 0. The van der Waals surface area contributed by atoms with E-state index < -0.39 is 12.0 Å². The molecule has 1 heterocycles. The predicted octanol–water partition coefficient (Wildman–Crippen LogP) is 2.67. The van der Waals surface area contributed by atoms with Crippen LogP contribution in [0.3, 0.4) is 0 Å². The lowest BCUT2D eigenvalue weighted by Gasteiger charge is -2.12. The Balaban J connectivity index is 1.70. The minimum Gasteiger partial charge on any atom is -0.504 e. The van der Waals surface area contributed by atoms with Gasteiger partial charge in [-0.15, -0.1) is 0 Å². The number of aryl methyl sites for hydroxylation is 1. The average molecular weight is 381 g/mol. The minimum absolute atomic E-state index is 0.0130. The molecule has 1 aromatic heterocycles. The Labute approximate surface area is 163 Å². The van der Waals surface area contributed by atoms with E-state index in [-0.39, 0.29) is 18.0 Å². The number of ether oxygens (including phenoxy) is 1. The first kappa shape index (κ1) is 19.4. The molecule has 3 aromatic rings. The average Bonchev–Trinajstić information content (AvgIpc) is 3.09. The second kappa shape index (κ2) is 8.14. The van der Waals surface area contributed by atoms with Gasteiger partial charge in [-0.1, -0.05) is 24.3 Å². The second-order valence-corrected chi connectivity index (χ2v) is 6.53. The van der Waals surface area contributed by atoms with E-state index in [1.165, 1.54) is 10.9 Å². The molecule has 7 nitrogen and oxygen atoms in total. The number of nitrogens with zero attached hydrogens (tertiary/aromatic N) is 2. The fourth-order valence-corrected chi connectivity index (χ4v) is 2.85. The van der Waals surface area contributed by atoms with E-state index in [0.29, 0.717) is 11.3 Å². The van der Waals surface area contributed by atoms with Crippen molar-refractivity contribution in [1.82, 2.24) is 15.1 Å². The van der Waals surface area contributed by atoms with Gasteiger partial charge in [0.15, 0.2) is 11.4 Å². The third-order valence-corrected chi connectivity index (χ3v) is 4.69. The van der Waals surface area contributed by atoms with Crippen molar-refractivity contribution in [2.24, 2.45) is 0 Å². The van der Waals surface area contributed by atoms with Crippen LogP contribution in [0.2, 0.25) is 0 Å². The third kappa shape index (κ3) is 3.99. The molecule has 3 rings (SSSR count). The molecular weight excluding hydrogens is 358 g/mol. The Morgan fingerprint density at radius 2 is 1.93 bits per heavy atom. The maximum atomic E-state index is 12.4. The van der Waals surface area contributed by atoms with Crippen LogP contribution in [0.4, 0.5) is 0 Å². The number of aromatic nitrogens is 2. The third-order valence-electron chi connectivity index (χ3n) is 4.69. The van der Waals surface area contributed by atoms with E-state index in [9.17, 15) is 15.0 Å². The standard InChI is InChI=1S/C21H23N3O4/c1-13-5-4-6-17(14(13)2)24-12-19(26)20(23-24)21(27)22-11-18(25)15-7-9-16(28-3)10-8-15/h4-10,12,18,25-26H,11H2,1-3H3,(H,22,27). The zero-order chi connectivity index (χ0) is 20.3. The SMILES string of the molecule is COc1ccc(C(O)CNC(=O)c2nn(-c3cccc(C)c3C)cc2O)cc1. The molecule has 0 aliphatic rings. The Morgan fingerprint density at radius 3 is 2.61 bits per heavy atom.